The molecule has 1 nitrogen and oxygen atoms in total. The van der Waals surface area contributed by atoms with Crippen molar-refractivity contribution in [2.24, 2.45) is 0 Å². The third kappa shape index (κ3) is 1.81. The van der Waals surface area contributed by atoms with E-state index in [2.05, 4.69) is 45.1 Å². The van der Waals surface area contributed by atoms with E-state index in [9.17, 15) is 0 Å². The second-order valence-electron chi connectivity index (χ2n) is 4.83. The molecule has 0 amide bonds. The summed E-state index contributed by atoms with van der Waals surface area (Å²) in [4.78, 5) is 0. The Balaban J connectivity index is 2.45. The summed E-state index contributed by atoms with van der Waals surface area (Å²) in [5.74, 6) is 0.713. The lowest BCUT2D eigenvalue weighted by atomic mass is 9.96. The zero-order valence-corrected chi connectivity index (χ0v) is 10.2. The van der Waals surface area contributed by atoms with Crippen molar-refractivity contribution in [1.82, 2.24) is 5.32 Å². The van der Waals surface area contributed by atoms with E-state index in [1.165, 1.54) is 17.5 Å². The lowest BCUT2D eigenvalue weighted by Gasteiger charge is -2.13. The number of nitrogens with one attached hydrogen (secondary N) is 1. The van der Waals surface area contributed by atoms with Gasteiger partial charge in [-0.15, -0.1) is 0 Å². The Bertz CT molecular complexity index is 368. The van der Waals surface area contributed by atoms with Gasteiger partial charge in [0, 0.05) is 6.04 Å². The molecule has 0 heterocycles. The molecule has 1 N–H and O–H groups in total. The fraction of sp³-hybridized carbons (Fsp3) is 0.571. The van der Waals surface area contributed by atoms with Gasteiger partial charge in [-0.3, -0.25) is 0 Å². The van der Waals surface area contributed by atoms with Crippen LogP contribution in [-0.4, -0.2) is 6.54 Å². The molecule has 0 radical (unpaired) electrons. The fourth-order valence-electron chi connectivity index (χ4n) is 3.01. The molecule has 0 aliphatic heterocycles. The van der Waals surface area contributed by atoms with Crippen molar-refractivity contribution in [3.63, 3.8) is 0 Å². The average molecular weight is 203 g/mol. The Morgan fingerprint density at radius 3 is 2.73 bits per heavy atom. The molecular formula is C14H21N. The molecular weight excluding hydrogens is 182 g/mol. The maximum absolute atomic E-state index is 3.59. The van der Waals surface area contributed by atoms with Crippen molar-refractivity contribution in [2.75, 3.05) is 6.54 Å². The summed E-state index contributed by atoms with van der Waals surface area (Å²) in [7, 11) is 0. The standard InChI is InChI=1S/C14H21N/c1-5-15-13-8-11(4)14-10(3)6-9(2)7-12(13)14/h6-7,11,13,15H,5,8H2,1-4H3. The number of rotatable bonds is 2. The largest absolute Gasteiger partial charge is 0.310 e. The maximum atomic E-state index is 3.59. The van der Waals surface area contributed by atoms with Crippen LogP contribution in [0.4, 0.5) is 0 Å². The van der Waals surface area contributed by atoms with Gasteiger partial charge in [0.1, 0.15) is 0 Å². The minimum atomic E-state index is 0.582. The van der Waals surface area contributed by atoms with Crippen LogP contribution in [0, 0.1) is 13.8 Å². The Hall–Kier alpha value is -0.820. The monoisotopic (exact) mass is 203 g/mol. The van der Waals surface area contributed by atoms with E-state index < -0.39 is 0 Å². The zero-order chi connectivity index (χ0) is 11.0. The Kier molecular flexibility index (Phi) is 2.83. The third-order valence-electron chi connectivity index (χ3n) is 3.47. The van der Waals surface area contributed by atoms with Crippen LogP contribution in [0.15, 0.2) is 12.1 Å². The summed E-state index contributed by atoms with van der Waals surface area (Å²) >= 11 is 0. The summed E-state index contributed by atoms with van der Waals surface area (Å²) in [5, 5.41) is 3.59. The molecule has 0 aromatic heterocycles. The maximum Gasteiger partial charge on any atom is 0.0328 e. The second-order valence-corrected chi connectivity index (χ2v) is 4.83. The van der Waals surface area contributed by atoms with Crippen molar-refractivity contribution in [1.29, 1.82) is 0 Å². The van der Waals surface area contributed by atoms with E-state index in [0.717, 1.165) is 6.54 Å². The highest BCUT2D eigenvalue weighted by atomic mass is 14.9. The lowest BCUT2D eigenvalue weighted by molar-refractivity contribution is 0.521. The first-order chi connectivity index (χ1) is 7.13. The third-order valence-corrected chi connectivity index (χ3v) is 3.47. The van der Waals surface area contributed by atoms with E-state index >= 15 is 0 Å². The van der Waals surface area contributed by atoms with E-state index in [1.807, 2.05) is 0 Å². The van der Waals surface area contributed by atoms with Crippen LogP contribution >= 0.6 is 0 Å². The lowest BCUT2D eigenvalue weighted by Crippen LogP contribution is -2.18. The fourth-order valence-corrected chi connectivity index (χ4v) is 3.01. The van der Waals surface area contributed by atoms with Crippen molar-refractivity contribution < 1.29 is 0 Å². The molecule has 15 heavy (non-hydrogen) atoms. The Morgan fingerprint density at radius 1 is 1.33 bits per heavy atom. The van der Waals surface area contributed by atoms with Crippen LogP contribution in [-0.2, 0) is 0 Å². The molecule has 1 aliphatic carbocycles. The van der Waals surface area contributed by atoms with Gasteiger partial charge in [-0.1, -0.05) is 31.5 Å². The summed E-state index contributed by atoms with van der Waals surface area (Å²) < 4.78 is 0. The molecule has 0 saturated heterocycles. The van der Waals surface area contributed by atoms with Gasteiger partial charge >= 0.3 is 0 Å². The van der Waals surface area contributed by atoms with Gasteiger partial charge in [-0.05, 0) is 49.4 Å². The highest BCUT2D eigenvalue weighted by Crippen LogP contribution is 2.42. The molecule has 1 heteroatoms. The van der Waals surface area contributed by atoms with Gasteiger partial charge in [0.25, 0.3) is 0 Å². The minimum Gasteiger partial charge on any atom is -0.310 e. The highest BCUT2D eigenvalue weighted by molar-refractivity contribution is 5.45. The Morgan fingerprint density at radius 2 is 2.07 bits per heavy atom. The van der Waals surface area contributed by atoms with Crippen LogP contribution in [0.5, 0.6) is 0 Å². The molecule has 2 unspecified atom stereocenters. The molecule has 0 spiro atoms. The quantitative estimate of drug-likeness (QED) is 0.776. The number of fused-ring (bicyclic) bond motifs is 1. The van der Waals surface area contributed by atoms with Crippen molar-refractivity contribution in [3.05, 3.63) is 34.4 Å². The molecule has 0 saturated carbocycles. The zero-order valence-electron chi connectivity index (χ0n) is 10.2. The van der Waals surface area contributed by atoms with Crippen LogP contribution in [0.3, 0.4) is 0 Å². The van der Waals surface area contributed by atoms with E-state index in [4.69, 9.17) is 0 Å². The predicted molar refractivity (Wildman–Crippen MR) is 65.4 cm³/mol. The van der Waals surface area contributed by atoms with Crippen LogP contribution in [0.1, 0.15) is 54.5 Å². The Labute approximate surface area is 92.9 Å². The van der Waals surface area contributed by atoms with E-state index in [-0.39, 0.29) is 0 Å². The molecule has 1 aliphatic rings. The predicted octanol–water partition coefficient (Wildman–Crippen LogP) is 3.46. The van der Waals surface area contributed by atoms with Crippen LogP contribution in [0.25, 0.3) is 0 Å². The van der Waals surface area contributed by atoms with E-state index in [0.29, 0.717) is 12.0 Å². The molecule has 0 bridgehead atoms. The molecule has 2 atom stereocenters. The summed E-state index contributed by atoms with van der Waals surface area (Å²) in [6.07, 6.45) is 1.26. The first kappa shape index (κ1) is 10.7. The first-order valence-electron chi connectivity index (χ1n) is 5.98. The van der Waals surface area contributed by atoms with Gasteiger partial charge in [-0.2, -0.15) is 0 Å². The van der Waals surface area contributed by atoms with Crippen molar-refractivity contribution >= 4 is 0 Å². The highest BCUT2D eigenvalue weighted by Gasteiger charge is 2.28. The average Bonchev–Trinajstić information content (AvgIpc) is 2.43. The smallest absolute Gasteiger partial charge is 0.0328 e. The van der Waals surface area contributed by atoms with Gasteiger partial charge in [0.15, 0.2) is 0 Å². The molecule has 1 aromatic carbocycles. The van der Waals surface area contributed by atoms with Gasteiger partial charge in [0.2, 0.25) is 0 Å². The number of benzene rings is 1. The summed E-state index contributed by atoms with van der Waals surface area (Å²) in [6, 6.07) is 5.25. The van der Waals surface area contributed by atoms with Gasteiger partial charge in [0.05, 0.1) is 0 Å². The molecule has 1 aromatic rings. The first-order valence-corrected chi connectivity index (χ1v) is 5.98. The van der Waals surface area contributed by atoms with Crippen LogP contribution < -0.4 is 5.32 Å². The van der Waals surface area contributed by atoms with Crippen LogP contribution in [0.2, 0.25) is 0 Å². The van der Waals surface area contributed by atoms with Crippen molar-refractivity contribution in [3.8, 4) is 0 Å². The number of hydrogen-bond acceptors (Lipinski definition) is 1. The molecule has 2 rings (SSSR count). The second kappa shape index (κ2) is 3.97. The molecule has 0 fully saturated rings. The van der Waals surface area contributed by atoms with Gasteiger partial charge in [-0.25, -0.2) is 0 Å². The number of hydrogen-bond donors (Lipinski definition) is 1. The summed E-state index contributed by atoms with van der Waals surface area (Å²) in [5.41, 5.74) is 5.99. The van der Waals surface area contributed by atoms with Gasteiger partial charge < -0.3 is 5.32 Å². The SMILES string of the molecule is CCNC1CC(C)c2c(C)cc(C)cc21. The number of aryl methyl sites for hydroxylation is 2. The molecule has 82 valence electrons. The normalized spacial score (nSPS) is 24.3. The minimum absolute atomic E-state index is 0.582. The topological polar surface area (TPSA) is 12.0 Å². The van der Waals surface area contributed by atoms with E-state index in [1.54, 1.807) is 11.1 Å². The van der Waals surface area contributed by atoms with Crippen molar-refractivity contribution in [2.45, 2.75) is 46.1 Å². The summed E-state index contributed by atoms with van der Waals surface area (Å²) in [6.45, 7) is 10.0.